The number of benzene rings is 2. The molecule has 2 aromatic carbocycles. The van der Waals surface area contributed by atoms with Crippen molar-refractivity contribution < 1.29 is 0 Å². The highest BCUT2D eigenvalue weighted by atomic mass is 35.5. The molecule has 1 heterocycles. The fraction of sp³-hybridized carbons (Fsp3) is 0.118. The maximum atomic E-state index is 12.5. The zero-order chi connectivity index (χ0) is 15.0. The summed E-state index contributed by atoms with van der Waals surface area (Å²) in [7, 11) is 0. The van der Waals surface area contributed by atoms with E-state index in [4.69, 9.17) is 11.6 Å². The van der Waals surface area contributed by atoms with Gasteiger partial charge in [-0.05, 0) is 43.5 Å². The first kappa shape index (κ1) is 14.2. The maximum Gasteiger partial charge on any atom is 0.193 e. The standard InChI is InChI=1S/C17H14ClNOS/c1-11-16(20)14-9-8-12(18)10-15(14)19(17(11)21-2)13-6-4-3-5-7-13/h3-10H,1-2H3. The summed E-state index contributed by atoms with van der Waals surface area (Å²) in [5, 5.41) is 2.27. The van der Waals surface area contributed by atoms with Crippen LogP contribution < -0.4 is 5.43 Å². The summed E-state index contributed by atoms with van der Waals surface area (Å²) in [5.74, 6) is 0. The van der Waals surface area contributed by atoms with Crippen LogP contribution in [0.5, 0.6) is 0 Å². The van der Waals surface area contributed by atoms with Crippen molar-refractivity contribution in [1.29, 1.82) is 0 Å². The largest absolute Gasteiger partial charge is 0.304 e. The zero-order valence-electron chi connectivity index (χ0n) is 11.8. The van der Waals surface area contributed by atoms with E-state index < -0.39 is 0 Å². The van der Waals surface area contributed by atoms with Gasteiger partial charge in [0.1, 0.15) is 0 Å². The predicted molar refractivity (Wildman–Crippen MR) is 91.1 cm³/mol. The van der Waals surface area contributed by atoms with Crippen molar-refractivity contribution >= 4 is 34.3 Å². The smallest absolute Gasteiger partial charge is 0.193 e. The fourth-order valence-electron chi connectivity index (χ4n) is 2.54. The van der Waals surface area contributed by atoms with Crippen molar-refractivity contribution in [3.63, 3.8) is 0 Å². The molecule has 4 heteroatoms. The summed E-state index contributed by atoms with van der Waals surface area (Å²) in [6.45, 7) is 1.88. The molecule has 0 spiro atoms. The van der Waals surface area contributed by atoms with Crippen LogP contribution in [0, 0.1) is 6.92 Å². The second-order valence-electron chi connectivity index (χ2n) is 4.80. The molecule has 0 saturated carbocycles. The maximum absolute atomic E-state index is 12.5. The minimum atomic E-state index is 0.0678. The summed E-state index contributed by atoms with van der Waals surface area (Å²) < 4.78 is 2.10. The lowest BCUT2D eigenvalue weighted by Crippen LogP contribution is -2.14. The average molecular weight is 316 g/mol. The zero-order valence-corrected chi connectivity index (χ0v) is 13.3. The van der Waals surface area contributed by atoms with E-state index in [9.17, 15) is 4.79 Å². The summed E-state index contributed by atoms with van der Waals surface area (Å²) in [6, 6.07) is 15.4. The van der Waals surface area contributed by atoms with Gasteiger partial charge >= 0.3 is 0 Å². The summed E-state index contributed by atoms with van der Waals surface area (Å²) in [5.41, 5.74) is 2.70. The fourth-order valence-corrected chi connectivity index (χ4v) is 3.49. The van der Waals surface area contributed by atoms with Gasteiger partial charge in [0.2, 0.25) is 0 Å². The quantitative estimate of drug-likeness (QED) is 0.641. The van der Waals surface area contributed by atoms with E-state index in [1.54, 1.807) is 23.9 Å². The minimum absolute atomic E-state index is 0.0678. The molecule has 0 atom stereocenters. The lowest BCUT2D eigenvalue weighted by atomic mass is 10.1. The number of hydrogen-bond donors (Lipinski definition) is 0. The molecule has 0 fully saturated rings. The van der Waals surface area contributed by atoms with Crippen molar-refractivity contribution in [2.24, 2.45) is 0 Å². The van der Waals surface area contributed by atoms with E-state index in [2.05, 4.69) is 4.57 Å². The van der Waals surface area contributed by atoms with Gasteiger partial charge in [-0.25, -0.2) is 0 Å². The Morgan fingerprint density at radius 1 is 1.10 bits per heavy atom. The molecule has 0 aliphatic carbocycles. The van der Waals surface area contributed by atoms with Crippen LogP contribution in [-0.4, -0.2) is 10.8 Å². The van der Waals surface area contributed by atoms with Crippen LogP contribution in [0.4, 0.5) is 0 Å². The first-order valence-corrected chi connectivity index (χ1v) is 8.18. The topological polar surface area (TPSA) is 22.0 Å². The first-order chi connectivity index (χ1) is 10.1. The molecule has 3 rings (SSSR count). The summed E-state index contributed by atoms with van der Waals surface area (Å²) >= 11 is 7.72. The van der Waals surface area contributed by atoms with Gasteiger partial charge in [0.15, 0.2) is 5.43 Å². The Bertz CT molecular complexity index is 871. The molecule has 3 aromatic rings. The van der Waals surface area contributed by atoms with Gasteiger partial charge in [0, 0.05) is 21.7 Å². The van der Waals surface area contributed by atoms with Gasteiger partial charge in [0.25, 0.3) is 0 Å². The molecular formula is C17H14ClNOS. The van der Waals surface area contributed by atoms with E-state index in [1.165, 1.54) is 0 Å². The Morgan fingerprint density at radius 3 is 2.48 bits per heavy atom. The lowest BCUT2D eigenvalue weighted by molar-refractivity contribution is 0.933. The molecule has 0 aliphatic rings. The van der Waals surface area contributed by atoms with E-state index in [-0.39, 0.29) is 5.43 Å². The Kier molecular flexibility index (Phi) is 3.79. The molecule has 0 unspecified atom stereocenters. The molecule has 0 N–H and O–H groups in total. The number of rotatable bonds is 2. The number of para-hydroxylation sites is 1. The normalized spacial score (nSPS) is 11.0. The van der Waals surface area contributed by atoms with E-state index in [1.807, 2.05) is 49.6 Å². The van der Waals surface area contributed by atoms with Crippen molar-refractivity contribution in [3.05, 3.63) is 69.3 Å². The molecule has 0 radical (unpaired) electrons. The number of pyridine rings is 1. The number of thioether (sulfide) groups is 1. The van der Waals surface area contributed by atoms with Gasteiger partial charge in [-0.2, -0.15) is 0 Å². The molecule has 0 bridgehead atoms. The van der Waals surface area contributed by atoms with Crippen LogP contribution in [-0.2, 0) is 0 Å². The van der Waals surface area contributed by atoms with Crippen molar-refractivity contribution in [3.8, 4) is 5.69 Å². The van der Waals surface area contributed by atoms with Gasteiger partial charge < -0.3 is 4.57 Å². The molecule has 0 amide bonds. The second kappa shape index (κ2) is 5.58. The van der Waals surface area contributed by atoms with Crippen LogP contribution in [0.1, 0.15) is 5.56 Å². The third kappa shape index (κ3) is 2.37. The van der Waals surface area contributed by atoms with Gasteiger partial charge in [-0.1, -0.05) is 29.8 Å². The second-order valence-corrected chi connectivity index (χ2v) is 6.03. The predicted octanol–water partition coefficient (Wildman–Crippen LogP) is 4.67. The number of hydrogen-bond acceptors (Lipinski definition) is 2. The average Bonchev–Trinajstić information content (AvgIpc) is 2.51. The van der Waals surface area contributed by atoms with Crippen LogP contribution in [0.15, 0.2) is 58.4 Å². The number of aromatic nitrogens is 1. The van der Waals surface area contributed by atoms with E-state index in [0.29, 0.717) is 10.4 Å². The minimum Gasteiger partial charge on any atom is -0.304 e. The molecular weight excluding hydrogens is 302 g/mol. The molecule has 21 heavy (non-hydrogen) atoms. The van der Waals surface area contributed by atoms with Gasteiger partial charge in [0.05, 0.1) is 10.5 Å². The molecule has 0 aliphatic heterocycles. The monoisotopic (exact) mass is 315 g/mol. The Labute approximate surface area is 132 Å². The number of fused-ring (bicyclic) bond motifs is 1. The Morgan fingerprint density at radius 2 is 1.81 bits per heavy atom. The number of nitrogens with zero attached hydrogens (tertiary/aromatic N) is 1. The molecule has 106 valence electrons. The van der Waals surface area contributed by atoms with Crippen molar-refractivity contribution in [2.45, 2.75) is 11.9 Å². The third-order valence-electron chi connectivity index (χ3n) is 3.52. The van der Waals surface area contributed by atoms with Gasteiger partial charge in [-0.15, -0.1) is 11.8 Å². The van der Waals surface area contributed by atoms with E-state index in [0.717, 1.165) is 21.8 Å². The molecule has 2 nitrogen and oxygen atoms in total. The Hall–Kier alpha value is -1.71. The van der Waals surface area contributed by atoms with Crippen LogP contribution in [0.25, 0.3) is 16.6 Å². The third-order valence-corrected chi connectivity index (χ3v) is 4.63. The summed E-state index contributed by atoms with van der Waals surface area (Å²) in [6.07, 6.45) is 1.98. The number of halogens is 1. The summed E-state index contributed by atoms with van der Waals surface area (Å²) in [4.78, 5) is 12.5. The highest BCUT2D eigenvalue weighted by molar-refractivity contribution is 7.98. The highest BCUT2D eigenvalue weighted by Gasteiger charge is 2.14. The first-order valence-electron chi connectivity index (χ1n) is 6.58. The van der Waals surface area contributed by atoms with Crippen molar-refractivity contribution in [1.82, 2.24) is 4.57 Å². The SMILES string of the molecule is CSc1c(C)c(=O)c2ccc(Cl)cc2n1-c1ccccc1. The van der Waals surface area contributed by atoms with Crippen molar-refractivity contribution in [2.75, 3.05) is 6.26 Å². The molecule has 0 saturated heterocycles. The molecule has 1 aromatic heterocycles. The van der Waals surface area contributed by atoms with E-state index >= 15 is 0 Å². The highest BCUT2D eigenvalue weighted by Crippen LogP contribution is 2.28. The van der Waals surface area contributed by atoms with Crippen LogP contribution >= 0.6 is 23.4 Å². The van der Waals surface area contributed by atoms with Crippen LogP contribution in [0.3, 0.4) is 0 Å². The lowest BCUT2D eigenvalue weighted by Gasteiger charge is -2.18. The van der Waals surface area contributed by atoms with Gasteiger partial charge in [-0.3, -0.25) is 4.79 Å². The van der Waals surface area contributed by atoms with Crippen LogP contribution in [0.2, 0.25) is 5.02 Å². The Balaban J connectivity index is 2.54.